The lowest BCUT2D eigenvalue weighted by Gasteiger charge is -2.14. The van der Waals surface area contributed by atoms with Crippen molar-refractivity contribution in [1.29, 1.82) is 0 Å². The van der Waals surface area contributed by atoms with Gasteiger partial charge in [-0.25, -0.2) is 4.79 Å². The van der Waals surface area contributed by atoms with Crippen molar-refractivity contribution in [2.75, 3.05) is 6.61 Å². The number of rotatable bonds is 5. The zero-order valence-corrected chi connectivity index (χ0v) is 12.1. The van der Waals surface area contributed by atoms with E-state index in [1.54, 1.807) is 0 Å². The summed E-state index contributed by atoms with van der Waals surface area (Å²) in [5.41, 5.74) is -0.236. The number of aliphatic carboxylic acids is 1. The molecule has 9 heteroatoms. The molecule has 0 radical (unpaired) electrons. The molecule has 0 bridgehead atoms. The Balaban J connectivity index is 2.01. The minimum Gasteiger partial charge on any atom is -0.488 e. The van der Waals surface area contributed by atoms with Crippen LogP contribution in [0.3, 0.4) is 0 Å². The molecule has 7 nitrogen and oxygen atoms in total. The molecule has 114 valence electrons. The van der Waals surface area contributed by atoms with Crippen LogP contribution in [0.25, 0.3) is 0 Å². The van der Waals surface area contributed by atoms with Gasteiger partial charge >= 0.3 is 5.97 Å². The van der Waals surface area contributed by atoms with Crippen LogP contribution in [0.15, 0.2) is 12.1 Å². The van der Waals surface area contributed by atoms with Crippen LogP contribution in [0, 0.1) is 10.1 Å². The fourth-order valence-electron chi connectivity index (χ4n) is 1.98. The highest BCUT2D eigenvalue weighted by molar-refractivity contribution is 6.37. The van der Waals surface area contributed by atoms with Gasteiger partial charge in [-0.1, -0.05) is 23.2 Å². The fourth-order valence-corrected chi connectivity index (χ4v) is 2.56. The van der Waals surface area contributed by atoms with E-state index < -0.39 is 17.0 Å². The molecule has 1 aromatic carbocycles. The van der Waals surface area contributed by atoms with Crippen LogP contribution in [-0.2, 0) is 9.53 Å². The molecule has 1 aromatic rings. The van der Waals surface area contributed by atoms with Gasteiger partial charge < -0.3 is 14.6 Å². The van der Waals surface area contributed by atoms with E-state index in [1.165, 1.54) is 0 Å². The molecule has 2 unspecified atom stereocenters. The maximum atomic E-state index is 10.8. The van der Waals surface area contributed by atoms with Crippen LogP contribution in [-0.4, -0.2) is 34.8 Å². The van der Waals surface area contributed by atoms with E-state index in [-0.39, 0.29) is 34.2 Å². The molecular formula is C12H11Cl2NO6. The molecule has 0 spiro atoms. The summed E-state index contributed by atoms with van der Waals surface area (Å²) in [7, 11) is 0. The first-order chi connectivity index (χ1) is 9.88. The Hall–Kier alpha value is -1.57. The molecule has 1 heterocycles. The Morgan fingerprint density at radius 3 is 2.52 bits per heavy atom. The maximum absolute atomic E-state index is 10.8. The minimum atomic E-state index is -1.01. The Morgan fingerprint density at radius 2 is 2.05 bits per heavy atom. The summed E-state index contributed by atoms with van der Waals surface area (Å²) in [6, 6.07) is 2.27. The van der Waals surface area contributed by atoms with Gasteiger partial charge in [0.1, 0.15) is 6.61 Å². The van der Waals surface area contributed by atoms with E-state index in [0.29, 0.717) is 12.8 Å². The molecule has 1 aliphatic rings. The topological polar surface area (TPSA) is 98.9 Å². The number of nitro groups is 1. The maximum Gasteiger partial charge on any atom is 0.332 e. The monoisotopic (exact) mass is 335 g/mol. The predicted octanol–water partition coefficient (Wildman–Crippen LogP) is 2.91. The highest BCUT2D eigenvalue weighted by Crippen LogP contribution is 2.37. The smallest absolute Gasteiger partial charge is 0.332 e. The molecule has 0 amide bonds. The van der Waals surface area contributed by atoms with Gasteiger partial charge in [0, 0.05) is 12.1 Å². The summed E-state index contributed by atoms with van der Waals surface area (Å²) in [5.74, 6) is -0.893. The standard InChI is InChI=1S/C12H11Cl2NO6/c13-8-3-6(15(18)19)4-9(14)11(8)20-5-7-1-2-10(21-7)12(16)17/h3-4,7,10H,1-2,5H2,(H,16,17). The number of non-ortho nitro benzene ring substituents is 1. The third kappa shape index (κ3) is 3.75. The van der Waals surface area contributed by atoms with Crippen molar-refractivity contribution in [2.45, 2.75) is 25.0 Å². The number of hydrogen-bond acceptors (Lipinski definition) is 5. The average molecular weight is 336 g/mol. The van der Waals surface area contributed by atoms with Crippen LogP contribution in [0.1, 0.15) is 12.8 Å². The third-order valence-corrected chi connectivity index (χ3v) is 3.55. The number of carboxylic acids is 1. The Bertz CT molecular complexity index is 556. The number of nitro benzene ring substituents is 1. The van der Waals surface area contributed by atoms with Crippen LogP contribution in [0.5, 0.6) is 5.75 Å². The lowest BCUT2D eigenvalue weighted by atomic mass is 10.2. The largest absolute Gasteiger partial charge is 0.488 e. The number of ether oxygens (including phenoxy) is 2. The second kappa shape index (κ2) is 6.46. The number of nitrogens with zero attached hydrogens (tertiary/aromatic N) is 1. The van der Waals surface area contributed by atoms with Gasteiger partial charge in [-0.3, -0.25) is 10.1 Å². The first-order valence-electron chi connectivity index (χ1n) is 6.03. The van der Waals surface area contributed by atoms with Gasteiger partial charge in [0.2, 0.25) is 0 Å². The first-order valence-corrected chi connectivity index (χ1v) is 6.78. The zero-order valence-electron chi connectivity index (χ0n) is 10.6. The molecule has 2 rings (SSSR count). The number of carboxylic acid groups (broad SMARTS) is 1. The zero-order chi connectivity index (χ0) is 15.6. The summed E-state index contributed by atoms with van der Waals surface area (Å²) < 4.78 is 10.7. The van der Waals surface area contributed by atoms with E-state index >= 15 is 0 Å². The highest BCUT2D eigenvalue weighted by atomic mass is 35.5. The Labute approximate surface area is 129 Å². The summed E-state index contributed by atoms with van der Waals surface area (Å²) in [6.07, 6.45) is -0.264. The van der Waals surface area contributed by atoms with Gasteiger partial charge in [0.25, 0.3) is 5.69 Å². The first kappa shape index (κ1) is 15.8. The van der Waals surface area contributed by atoms with Crippen molar-refractivity contribution in [3.05, 3.63) is 32.3 Å². The van der Waals surface area contributed by atoms with E-state index in [9.17, 15) is 14.9 Å². The van der Waals surface area contributed by atoms with Gasteiger partial charge in [-0.15, -0.1) is 0 Å². The molecule has 1 aliphatic heterocycles. The lowest BCUT2D eigenvalue weighted by molar-refractivity contribution is -0.384. The van der Waals surface area contributed by atoms with Gasteiger partial charge in [0.05, 0.1) is 21.1 Å². The minimum absolute atomic E-state index is 0.0157. The summed E-state index contributed by atoms with van der Waals surface area (Å²) in [5, 5.41) is 19.5. The number of benzene rings is 1. The number of halogens is 2. The predicted molar refractivity (Wildman–Crippen MR) is 74.1 cm³/mol. The average Bonchev–Trinajstić information content (AvgIpc) is 2.86. The van der Waals surface area contributed by atoms with Crippen LogP contribution in [0.2, 0.25) is 10.0 Å². The van der Waals surface area contributed by atoms with Gasteiger partial charge in [0.15, 0.2) is 11.9 Å². The molecule has 21 heavy (non-hydrogen) atoms. The second-order valence-electron chi connectivity index (χ2n) is 4.47. The van der Waals surface area contributed by atoms with Crippen molar-refractivity contribution >= 4 is 34.9 Å². The SMILES string of the molecule is O=C(O)C1CCC(COc2c(Cl)cc([N+](=O)[O-])cc2Cl)O1. The number of carbonyl (C=O) groups is 1. The highest BCUT2D eigenvalue weighted by Gasteiger charge is 2.31. The quantitative estimate of drug-likeness (QED) is 0.656. The molecule has 1 N–H and O–H groups in total. The van der Waals surface area contributed by atoms with E-state index in [0.717, 1.165) is 12.1 Å². The van der Waals surface area contributed by atoms with E-state index in [1.807, 2.05) is 0 Å². The number of hydrogen-bond donors (Lipinski definition) is 1. The van der Waals surface area contributed by atoms with Crippen molar-refractivity contribution in [1.82, 2.24) is 0 Å². The summed E-state index contributed by atoms with van der Waals surface area (Å²) in [4.78, 5) is 20.8. The molecule has 0 aliphatic carbocycles. The van der Waals surface area contributed by atoms with Gasteiger partial charge in [-0.05, 0) is 12.8 Å². The molecule has 0 saturated carbocycles. The van der Waals surface area contributed by atoms with E-state index in [4.69, 9.17) is 37.8 Å². The van der Waals surface area contributed by atoms with Crippen LogP contribution >= 0.6 is 23.2 Å². The normalized spacial score (nSPS) is 21.2. The van der Waals surface area contributed by atoms with E-state index in [2.05, 4.69) is 0 Å². The molecular weight excluding hydrogens is 325 g/mol. The molecule has 1 fully saturated rings. The molecule has 2 atom stereocenters. The Morgan fingerprint density at radius 1 is 1.43 bits per heavy atom. The van der Waals surface area contributed by atoms with Crippen LogP contribution in [0.4, 0.5) is 5.69 Å². The lowest BCUT2D eigenvalue weighted by Crippen LogP contribution is -2.23. The molecule has 1 saturated heterocycles. The third-order valence-electron chi connectivity index (χ3n) is 2.99. The fraction of sp³-hybridized carbons (Fsp3) is 0.417. The van der Waals surface area contributed by atoms with Crippen LogP contribution < -0.4 is 4.74 Å². The van der Waals surface area contributed by atoms with Crippen molar-refractivity contribution in [2.24, 2.45) is 0 Å². The van der Waals surface area contributed by atoms with Gasteiger partial charge in [-0.2, -0.15) is 0 Å². The Kier molecular flexibility index (Phi) is 4.87. The van der Waals surface area contributed by atoms with Crippen molar-refractivity contribution in [3.63, 3.8) is 0 Å². The molecule has 0 aromatic heterocycles. The summed E-state index contributed by atoms with van der Waals surface area (Å²) >= 11 is 11.8. The van der Waals surface area contributed by atoms with Crippen molar-refractivity contribution in [3.8, 4) is 5.75 Å². The van der Waals surface area contributed by atoms with Crippen molar-refractivity contribution < 1.29 is 24.3 Å². The summed E-state index contributed by atoms with van der Waals surface area (Å²) in [6.45, 7) is 0.0705. The second-order valence-corrected chi connectivity index (χ2v) is 5.28.